The van der Waals surface area contributed by atoms with Gasteiger partial charge in [0, 0.05) is 13.1 Å². The molecule has 1 aromatic carbocycles. The minimum Gasteiger partial charge on any atom is -0.497 e. The van der Waals surface area contributed by atoms with Crippen molar-refractivity contribution in [2.45, 2.75) is 23.4 Å². The number of thioether (sulfide) groups is 1. The third kappa shape index (κ3) is 3.24. The monoisotopic (exact) mass is 279 g/mol. The minimum atomic E-state index is -0.0335. The molecule has 102 valence electrons. The molecule has 1 heterocycles. The highest BCUT2D eigenvalue weighted by Gasteiger charge is 2.21. The van der Waals surface area contributed by atoms with Crippen LogP contribution >= 0.6 is 11.8 Å². The zero-order valence-electron chi connectivity index (χ0n) is 11.1. The Kier molecular flexibility index (Phi) is 4.39. The molecule has 0 aliphatic carbocycles. The van der Waals surface area contributed by atoms with Crippen molar-refractivity contribution >= 4 is 11.8 Å². The zero-order chi connectivity index (χ0) is 13.8. The normalized spacial score (nSPS) is 14.1. The Balaban J connectivity index is 2.27. The first-order valence-corrected chi connectivity index (χ1v) is 6.78. The molecule has 0 radical (unpaired) electrons. The average molecular weight is 279 g/mol. The fourth-order valence-corrected chi connectivity index (χ4v) is 2.73. The molecule has 1 aromatic heterocycles. The Hall–Kier alpha value is -1.60. The molecule has 0 aliphatic heterocycles. The van der Waals surface area contributed by atoms with Gasteiger partial charge in [-0.15, -0.1) is 5.10 Å². The third-order valence-electron chi connectivity index (χ3n) is 2.71. The topological polar surface area (TPSA) is 78.9 Å². The molecular formula is C12H17N5OS. The summed E-state index contributed by atoms with van der Waals surface area (Å²) in [5, 5.41) is 12.3. The molecule has 19 heavy (non-hydrogen) atoms. The molecule has 0 saturated heterocycles. The van der Waals surface area contributed by atoms with Crippen LogP contribution in [0.4, 0.5) is 0 Å². The number of hydrogen-bond acceptors (Lipinski definition) is 6. The van der Waals surface area contributed by atoms with Crippen LogP contribution in [-0.2, 0) is 7.05 Å². The van der Waals surface area contributed by atoms with Crippen LogP contribution in [0.5, 0.6) is 5.75 Å². The predicted molar refractivity (Wildman–Crippen MR) is 74.0 cm³/mol. The van der Waals surface area contributed by atoms with Gasteiger partial charge < -0.3 is 10.5 Å². The van der Waals surface area contributed by atoms with Crippen molar-refractivity contribution in [3.8, 4) is 5.75 Å². The molecule has 2 unspecified atom stereocenters. The summed E-state index contributed by atoms with van der Waals surface area (Å²) in [7, 11) is 3.46. The second-order valence-corrected chi connectivity index (χ2v) is 5.37. The molecule has 0 amide bonds. The molecule has 2 aromatic rings. The summed E-state index contributed by atoms with van der Waals surface area (Å²) < 4.78 is 6.89. The van der Waals surface area contributed by atoms with Crippen LogP contribution in [0.3, 0.4) is 0 Å². The maximum absolute atomic E-state index is 6.09. The molecule has 0 spiro atoms. The first kappa shape index (κ1) is 13.8. The molecule has 2 N–H and O–H groups in total. The van der Waals surface area contributed by atoms with Crippen molar-refractivity contribution in [1.82, 2.24) is 20.2 Å². The van der Waals surface area contributed by atoms with E-state index in [1.54, 1.807) is 23.6 Å². The summed E-state index contributed by atoms with van der Waals surface area (Å²) in [4.78, 5) is 0. The van der Waals surface area contributed by atoms with Crippen molar-refractivity contribution in [1.29, 1.82) is 0 Å². The van der Waals surface area contributed by atoms with Gasteiger partial charge in [-0.3, -0.25) is 0 Å². The van der Waals surface area contributed by atoms with E-state index < -0.39 is 0 Å². The average Bonchev–Trinajstić information content (AvgIpc) is 2.81. The van der Waals surface area contributed by atoms with E-state index in [2.05, 4.69) is 15.5 Å². The first-order valence-electron chi connectivity index (χ1n) is 5.90. The summed E-state index contributed by atoms with van der Waals surface area (Å²) in [5.74, 6) is 0.819. The van der Waals surface area contributed by atoms with Crippen LogP contribution in [0.1, 0.15) is 17.7 Å². The van der Waals surface area contributed by atoms with Crippen molar-refractivity contribution in [3.63, 3.8) is 0 Å². The van der Waals surface area contributed by atoms with E-state index in [0.29, 0.717) is 0 Å². The molecule has 2 rings (SSSR count). The lowest BCUT2D eigenvalue weighted by Gasteiger charge is -2.20. The van der Waals surface area contributed by atoms with Crippen LogP contribution in [-0.4, -0.2) is 33.4 Å². The number of aryl methyl sites for hydroxylation is 1. The number of hydrogen-bond donors (Lipinski definition) is 1. The number of tetrazole rings is 1. The highest BCUT2D eigenvalue weighted by molar-refractivity contribution is 7.99. The van der Waals surface area contributed by atoms with Crippen molar-refractivity contribution in [3.05, 3.63) is 29.8 Å². The van der Waals surface area contributed by atoms with E-state index >= 15 is 0 Å². The lowest BCUT2D eigenvalue weighted by Crippen LogP contribution is -2.23. The second-order valence-electron chi connectivity index (χ2n) is 4.26. The molecule has 0 saturated carbocycles. The van der Waals surface area contributed by atoms with Crippen LogP contribution in [0.15, 0.2) is 29.4 Å². The molecule has 0 aliphatic rings. The molecule has 2 atom stereocenters. The van der Waals surface area contributed by atoms with Crippen LogP contribution in [0.2, 0.25) is 0 Å². The van der Waals surface area contributed by atoms with Crippen molar-refractivity contribution in [2.75, 3.05) is 7.11 Å². The van der Waals surface area contributed by atoms with Gasteiger partial charge >= 0.3 is 0 Å². The molecular weight excluding hydrogens is 262 g/mol. The maximum Gasteiger partial charge on any atom is 0.209 e. The van der Waals surface area contributed by atoms with Gasteiger partial charge in [0.15, 0.2) is 0 Å². The summed E-state index contributed by atoms with van der Waals surface area (Å²) in [6.45, 7) is 1.97. The smallest absolute Gasteiger partial charge is 0.209 e. The van der Waals surface area contributed by atoms with Crippen molar-refractivity contribution < 1.29 is 4.74 Å². The van der Waals surface area contributed by atoms with Gasteiger partial charge in [-0.25, -0.2) is 4.68 Å². The van der Waals surface area contributed by atoms with Gasteiger partial charge in [-0.2, -0.15) is 0 Å². The highest BCUT2D eigenvalue weighted by atomic mass is 32.2. The van der Waals surface area contributed by atoms with Gasteiger partial charge in [0.25, 0.3) is 0 Å². The summed E-state index contributed by atoms with van der Waals surface area (Å²) in [6.07, 6.45) is 0. The lowest BCUT2D eigenvalue weighted by atomic mass is 10.1. The Labute approximate surface area is 116 Å². The van der Waals surface area contributed by atoms with Crippen LogP contribution < -0.4 is 10.5 Å². The largest absolute Gasteiger partial charge is 0.497 e. The van der Waals surface area contributed by atoms with E-state index in [1.807, 2.05) is 38.2 Å². The Bertz CT molecular complexity index is 542. The maximum atomic E-state index is 6.09. The van der Waals surface area contributed by atoms with E-state index in [9.17, 15) is 0 Å². The molecule has 7 heteroatoms. The predicted octanol–water partition coefficient (Wildman–Crippen LogP) is 1.40. The number of nitrogens with two attached hydrogens (primary N) is 1. The number of nitrogens with zero attached hydrogens (tertiary/aromatic N) is 4. The Morgan fingerprint density at radius 1 is 1.42 bits per heavy atom. The quantitative estimate of drug-likeness (QED) is 0.833. The standard InChI is InChI=1S/C12H17N5OS/c1-8(13)11(19-12-14-15-16-17(12)2)9-5-4-6-10(7-9)18-3/h4-8,11H,13H2,1-3H3. The Morgan fingerprint density at radius 3 is 2.79 bits per heavy atom. The summed E-state index contributed by atoms with van der Waals surface area (Å²) in [5.41, 5.74) is 7.19. The number of methoxy groups -OCH3 is 1. The van der Waals surface area contributed by atoms with Gasteiger partial charge in [-0.05, 0) is 35.0 Å². The number of rotatable bonds is 5. The number of ether oxygens (including phenoxy) is 1. The van der Waals surface area contributed by atoms with Crippen LogP contribution in [0, 0.1) is 0 Å². The number of aromatic nitrogens is 4. The van der Waals surface area contributed by atoms with Gasteiger partial charge in [0.1, 0.15) is 5.75 Å². The summed E-state index contributed by atoms with van der Waals surface area (Å²) in [6, 6.07) is 7.86. The zero-order valence-corrected chi connectivity index (χ0v) is 12.0. The third-order valence-corrected chi connectivity index (χ3v) is 4.23. The fourth-order valence-electron chi connectivity index (χ4n) is 1.73. The van der Waals surface area contributed by atoms with E-state index in [4.69, 9.17) is 10.5 Å². The minimum absolute atomic E-state index is 0.0335. The van der Waals surface area contributed by atoms with Gasteiger partial charge in [-0.1, -0.05) is 23.9 Å². The van der Waals surface area contributed by atoms with Crippen LogP contribution in [0.25, 0.3) is 0 Å². The molecule has 0 fully saturated rings. The molecule has 0 bridgehead atoms. The van der Waals surface area contributed by atoms with Gasteiger partial charge in [0.2, 0.25) is 5.16 Å². The Morgan fingerprint density at radius 2 is 2.21 bits per heavy atom. The molecule has 6 nitrogen and oxygen atoms in total. The first-order chi connectivity index (χ1) is 9.11. The van der Waals surface area contributed by atoms with E-state index in [1.165, 1.54) is 0 Å². The fraction of sp³-hybridized carbons (Fsp3) is 0.417. The van der Waals surface area contributed by atoms with E-state index in [0.717, 1.165) is 16.5 Å². The van der Waals surface area contributed by atoms with E-state index in [-0.39, 0.29) is 11.3 Å². The number of benzene rings is 1. The van der Waals surface area contributed by atoms with Crippen molar-refractivity contribution in [2.24, 2.45) is 12.8 Å². The van der Waals surface area contributed by atoms with Gasteiger partial charge in [0.05, 0.1) is 12.4 Å². The second kappa shape index (κ2) is 6.03. The SMILES string of the molecule is COc1cccc(C(Sc2nnnn2C)C(C)N)c1. The highest BCUT2D eigenvalue weighted by Crippen LogP contribution is 2.36. The lowest BCUT2D eigenvalue weighted by molar-refractivity contribution is 0.414. The summed E-state index contributed by atoms with van der Waals surface area (Å²) >= 11 is 1.55.